The van der Waals surface area contributed by atoms with Crippen molar-refractivity contribution in [2.75, 3.05) is 13.1 Å². The van der Waals surface area contributed by atoms with E-state index in [1.165, 1.54) is 12.1 Å². The number of halogens is 1. The van der Waals surface area contributed by atoms with Gasteiger partial charge in [-0.15, -0.1) is 0 Å². The van der Waals surface area contributed by atoms with Crippen molar-refractivity contribution >= 4 is 12.2 Å². The van der Waals surface area contributed by atoms with Crippen LogP contribution >= 0.6 is 12.2 Å². The first-order chi connectivity index (χ1) is 16.1. The highest BCUT2D eigenvalue weighted by Crippen LogP contribution is 2.28. The molecule has 1 saturated heterocycles. The molecule has 10 heteroatoms. The van der Waals surface area contributed by atoms with Crippen LogP contribution in [0, 0.1) is 10.6 Å². The highest BCUT2D eigenvalue weighted by atomic mass is 32.1. The lowest BCUT2D eigenvalue weighted by Gasteiger charge is -2.30. The Morgan fingerprint density at radius 1 is 1.12 bits per heavy atom. The summed E-state index contributed by atoms with van der Waals surface area (Å²) in [6.07, 6.45) is 5.50. The first kappa shape index (κ1) is 21.6. The number of hydrogen-bond donors (Lipinski definition) is 0. The van der Waals surface area contributed by atoms with Gasteiger partial charge in [0.2, 0.25) is 11.7 Å². The second-order valence-corrected chi connectivity index (χ2v) is 8.47. The summed E-state index contributed by atoms with van der Waals surface area (Å²) in [6, 6.07) is 9.99. The van der Waals surface area contributed by atoms with Crippen LogP contribution < -0.4 is 0 Å². The summed E-state index contributed by atoms with van der Waals surface area (Å²) < 4.78 is 23.4. The number of aromatic nitrogens is 6. The second-order valence-electron chi connectivity index (χ2n) is 8.11. The minimum Gasteiger partial charge on any atom is -0.339 e. The molecule has 3 aromatic heterocycles. The normalized spacial score (nSPS) is 16.8. The molecule has 0 amide bonds. The molecule has 1 aliphatic heterocycles. The summed E-state index contributed by atoms with van der Waals surface area (Å²) in [5.41, 5.74) is 1.73. The molecular weight excluding hydrogens is 441 g/mol. The fourth-order valence-electron chi connectivity index (χ4n) is 4.22. The van der Waals surface area contributed by atoms with Crippen molar-refractivity contribution in [1.29, 1.82) is 0 Å². The smallest absolute Gasteiger partial charge is 0.231 e. The third-order valence-electron chi connectivity index (χ3n) is 5.91. The monoisotopic (exact) mass is 465 g/mol. The summed E-state index contributed by atoms with van der Waals surface area (Å²) >= 11 is 5.72. The second kappa shape index (κ2) is 9.32. The number of likely N-dealkylation sites (tertiary alicyclic amines) is 1. The molecule has 1 atom stereocenters. The number of benzene rings is 1. The van der Waals surface area contributed by atoms with Crippen LogP contribution in [0.15, 0.2) is 53.3 Å². The maximum atomic E-state index is 13.2. The van der Waals surface area contributed by atoms with Crippen LogP contribution in [0.25, 0.3) is 22.8 Å². The molecular formula is C23H24FN7OS. The van der Waals surface area contributed by atoms with Crippen LogP contribution in [0.4, 0.5) is 4.39 Å². The molecule has 4 aromatic rings. The standard InChI is InChI=1S/C23H24FN7OS/c1-2-30-21(17-9-11-25-12-10-17)27-31(23(30)33)15-29-13-3-4-18(14-29)22-26-20(28-32-22)16-5-7-19(24)8-6-16/h5-12,18H,2-4,13-15H2,1H3. The molecule has 5 rings (SSSR count). The van der Waals surface area contributed by atoms with Gasteiger partial charge in [0.05, 0.1) is 12.6 Å². The first-order valence-electron chi connectivity index (χ1n) is 11.0. The van der Waals surface area contributed by atoms with Crippen molar-refractivity contribution in [3.63, 3.8) is 0 Å². The van der Waals surface area contributed by atoms with Gasteiger partial charge in [-0.25, -0.2) is 9.07 Å². The molecule has 1 unspecified atom stereocenters. The van der Waals surface area contributed by atoms with Gasteiger partial charge in [-0.3, -0.25) is 9.88 Å². The zero-order valence-corrected chi connectivity index (χ0v) is 19.1. The number of pyridine rings is 1. The lowest BCUT2D eigenvalue weighted by Crippen LogP contribution is -2.36. The van der Waals surface area contributed by atoms with E-state index in [-0.39, 0.29) is 11.7 Å². The van der Waals surface area contributed by atoms with E-state index < -0.39 is 0 Å². The van der Waals surface area contributed by atoms with E-state index in [0.29, 0.717) is 23.2 Å². The Morgan fingerprint density at radius 2 is 1.91 bits per heavy atom. The van der Waals surface area contributed by atoms with E-state index >= 15 is 0 Å². The van der Waals surface area contributed by atoms with Crippen molar-refractivity contribution < 1.29 is 8.91 Å². The van der Waals surface area contributed by atoms with Crippen molar-refractivity contribution in [2.24, 2.45) is 0 Å². The number of rotatable bonds is 6. The Bertz CT molecular complexity index is 1280. The minimum absolute atomic E-state index is 0.127. The zero-order valence-electron chi connectivity index (χ0n) is 18.3. The molecule has 0 aliphatic carbocycles. The Hall–Kier alpha value is -3.24. The van der Waals surface area contributed by atoms with Crippen LogP contribution in [-0.4, -0.2) is 47.5 Å². The SMILES string of the molecule is CCn1c(-c2ccncc2)nn(CN2CCCC(c3nc(-c4ccc(F)cc4)no3)C2)c1=S. The van der Waals surface area contributed by atoms with E-state index in [1.807, 2.05) is 21.4 Å². The van der Waals surface area contributed by atoms with E-state index in [2.05, 4.69) is 26.9 Å². The summed E-state index contributed by atoms with van der Waals surface area (Å²) in [5.74, 6) is 1.77. The van der Waals surface area contributed by atoms with Gasteiger partial charge in [0.25, 0.3) is 0 Å². The fraction of sp³-hybridized carbons (Fsp3) is 0.348. The van der Waals surface area contributed by atoms with Crippen molar-refractivity contribution in [3.05, 3.63) is 65.3 Å². The predicted octanol–water partition coefficient (Wildman–Crippen LogP) is 4.52. The van der Waals surface area contributed by atoms with Crippen LogP contribution in [0.5, 0.6) is 0 Å². The molecule has 0 N–H and O–H groups in total. The third-order valence-corrected chi connectivity index (χ3v) is 6.34. The van der Waals surface area contributed by atoms with E-state index in [0.717, 1.165) is 49.4 Å². The number of hydrogen-bond acceptors (Lipinski definition) is 7. The van der Waals surface area contributed by atoms with Gasteiger partial charge in [0.1, 0.15) is 5.82 Å². The van der Waals surface area contributed by atoms with Gasteiger partial charge < -0.3 is 9.09 Å². The van der Waals surface area contributed by atoms with Crippen molar-refractivity contribution in [2.45, 2.75) is 38.9 Å². The molecule has 8 nitrogen and oxygen atoms in total. The lowest BCUT2D eigenvalue weighted by molar-refractivity contribution is 0.143. The summed E-state index contributed by atoms with van der Waals surface area (Å²) in [4.78, 5) is 11.0. The molecule has 4 heterocycles. The van der Waals surface area contributed by atoms with Gasteiger partial charge in [0.15, 0.2) is 10.6 Å². The molecule has 1 fully saturated rings. The minimum atomic E-state index is -0.290. The Labute approximate surface area is 195 Å². The number of nitrogens with zero attached hydrogens (tertiary/aromatic N) is 7. The highest BCUT2D eigenvalue weighted by molar-refractivity contribution is 7.71. The molecule has 33 heavy (non-hydrogen) atoms. The summed E-state index contributed by atoms with van der Waals surface area (Å²) in [6.45, 7) is 5.13. The largest absolute Gasteiger partial charge is 0.339 e. The van der Waals surface area contributed by atoms with E-state index in [1.54, 1.807) is 24.5 Å². The van der Waals surface area contributed by atoms with E-state index in [4.69, 9.17) is 21.8 Å². The number of piperidine rings is 1. The van der Waals surface area contributed by atoms with Crippen LogP contribution in [-0.2, 0) is 13.2 Å². The quantitative estimate of drug-likeness (QED) is 0.387. The average Bonchev–Trinajstić information content (AvgIpc) is 3.46. The van der Waals surface area contributed by atoms with Gasteiger partial charge in [-0.2, -0.15) is 10.1 Å². The molecule has 0 bridgehead atoms. The van der Waals surface area contributed by atoms with Gasteiger partial charge >= 0.3 is 0 Å². The zero-order chi connectivity index (χ0) is 22.8. The van der Waals surface area contributed by atoms with Gasteiger partial charge in [-0.1, -0.05) is 5.16 Å². The maximum Gasteiger partial charge on any atom is 0.231 e. The summed E-state index contributed by atoms with van der Waals surface area (Å²) in [5, 5.41) is 8.92. The van der Waals surface area contributed by atoms with Crippen LogP contribution in [0.1, 0.15) is 31.6 Å². The van der Waals surface area contributed by atoms with Crippen LogP contribution in [0.3, 0.4) is 0 Å². The summed E-state index contributed by atoms with van der Waals surface area (Å²) in [7, 11) is 0. The fourth-order valence-corrected chi connectivity index (χ4v) is 4.54. The molecule has 0 radical (unpaired) electrons. The first-order valence-corrected chi connectivity index (χ1v) is 11.4. The Balaban J connectivity index is 1.33. The van der Waals surface area contributed by atoms with Gasteiger partial charge in [-0.05, 0) is 74.9 Å². The Kier molecular flexibility index (Phi) is 6.10. The van der Waals surface area contributed by atoms with Crippen LogP contribution in [0.2, 0.25) is 0 Å². The third kappa shape index (κ3) is 4.49. The average molecular weight is 466 g/mol. The molecule has 1 aromatic carbocycles. The predicted molar refractivity (Wildman–Crippen MR) is 123 cm³/mol. The van der Waals surface area contributed by atoms with Crippen molar-refractivity contribution in [1.82, 2.24) is 34.4 Å². The molecule has 0 spiro atoms. The maximum absolute atomic E-state index is 13.2. The molecule has 1 aliphatic rings. The molecule has 170 valence electrons. The molecule has 0 saturated carbocycles. The van der Waals surface area contributed by atoms with Crippen molar-refractivity contribution in [3.8, 4) is 22.8 Å². The Morgan fingerprint density at radius 3 is 2.67 bits per heavy atom. The lowest BCUT2D eigenvalue weighted by atomic mass is 9.98. The topological polar surface area (TPSA) is 77.8 Å². The highest BCUT2D eigenvalue weighted by Gasteiger charge is 2.27. The van der Waals surface area contributed by atoms with E-state index in [9.17, 15) is 4.39 Å². The van der Waals surface area contributed by atoms with Gasteiger partial charge in [0, 0.05) is 36.6 Å².